The molecule has 5 heteroatoms. The number of carboxylic acids is 1. The first-order valence-corrected chi connectivity index (χ1v) is 5.31. The van der Waals surface area contributed by atoms with Crippen LogP contribution in [0.3, 0.4) is 0 Å². The molecule has 0 aromatic carbocycles. The molecule has 0 spiro atoms. The van der Waals surface area contributed by atoms with E-state index in [1.165, 1.54) is 11.8 Å². The Morgan fingerprint density at radius 2 is 2.43 bits per heavy atom. The fourth-order valence-corrected chi connectivity index (χ4v) is 1.34. The first-order chi connectivity index (χ1) is 6.69. The van der Waals surface area contributed by atoms with Crippen molar-refractivity contribution in [2.75, 3.05) is 12.9 Å². The second-order valence-corrected chi connectivity index (χ2v) is 3.35. The van der Waals surface area contributed by atoms with Gasteiger partial charge in [-0.2, -0.15) is 0 Å². The van der Waals surface area contributed by atoms with E-state index in [1.54, 1.807) is 19.2 Å². The molecule has 0 fully saturated rings. The van der Waals surface area contributed by atoms with Crippen LogP contribution in [-0.2, 0) is 0 Å². The molecule has 0 saturated heterocycles. The highest BCUT2D eigenvalue weighted by Gasteiger charge is 2.13. The van der Waals surface area contributed by atoms with E-state index in [0.29, 0.717) is 6.61 Å². The van der Waals surface area contributed by atoms with Gasteiger partial charge in [-0.15, -0.1) is 11.8 Å². The van der Waals surface area contributed by atoms with Crippen LogP contribution in [0, 0.1) is 0 Å². The Labute approximate surface area is 86.3 Å². The number of hydrogen-bond acceptors (Lipinski definition) is 4. The quantitative estimate of drug-likeness (QED) is 0.774. The van der Waals surface area contributed by atoms with E-state index in [-0.39, 0.29) is 11.4 Å². The molecule has 14 heavy (non-hydrogen) atoms. The van der Waals surface area contributed by atoms with Crippen LogP contribution in [0.25, 0.3) is 0 Å². The van der Waals surface area contributed by atoms with Crippen molar-refractivity contribution in [3.8, 4) is 5.88 Å². The molecule has 4 nitrogen and oxygen atoms in total. The number of thioether (sulfide) groups is 1. The maximum absolute atomic E-state index is 10.8. The van der Waals surface area contributed by atoms with Crippen LogP contribution < -0.4 is 4.74 Å². The predicted molar refractivity (Wildman–Crippen MR) is 54.1 cm³/mol. The molecule has 0 aliphatic carbocycles. The smallest absolute Gasteiger partial charge is 0.341 e. The van der Waals surface area contributed by atoms with Gasteiger partial charge in [0.2, 0.25) is 5.88 Å². The zero-order chi connectivity index (χ0) is 10.6. The van der Waals surface area contributed by atoms with Gasteiger partial charge >= 0.3 is 5.97 Å². The highest BCUT2D eigenvalue weighted by Crippen LogP contribution is 2.21. The van der Waals surface area contributed by atoms with Gasteiger partial charge in [-0.05, 0) is 19.2 Å². The predicted octanol–water partition coefficient (Wildman–Crippen LogP) is 1.90. The van der Waals surface area contributed by atoms with E-state index in [1.807, 2.05) is 6.26 Å². The average molecular weight is 213 g/mol. The fourth-order valence-electron chi connectivity index (χ4n) is 0.950. The van der Waals surface area contributed by atoms with Crippen molar-refractivity contribution in [1.29, 1.82) is 0 Å². The lowest BCUT2D eigenvalue weighted by Crippen LogP contribution is -2.04. The van der Waals surface area contributed by atoms with Gasteiger partial charge in [0.15, 0.2) is 0 Å². The van der Waals surface area contributed by atoms with Crippen LogP contribution in [0.1, 0.15) is 17.3 Å². The molecule has 1 aromatic rings. The largest absolute Gasteiger partial charge is 0.477 e. The Kier molecular flexibility index (Phi) is 3.76. The molecule has 0 atom stereocenters. The fraction of sp³-hybridized carbons (Fsp3) is 0.333. The summed E-state index contributed by atoms with van der Waals surface area (Å²) < 4.78 is 5.10. The van der Waals surface area contributed by atoms with Gasteiger partial charge in [0.05, 0.1) is 6.61 Å². The Morgan fingerprint density at radius 1 is 1.71 bits per heavy atom. The summed E-state index contributed by atoms with van der Waals surface area (Å²) in [7, 11) is 0. The first kappa shape index (κ1) is 10.8. The van der Waals surface area contributed by atoms with Gasteiger partial charge in [-0.3, -0.25) is 0 Å². The van der Waals surface area contributed by atoms with E-state index in [2.05, 4.69) is 4.98 Å². The van der Waals surface area contributed by atoms with Crippen LogP contribution in [0.4, 0.5) is 0 Å². The molecule has 0 radical (unpaired) electrons. The minimum absolute atomic E-state index is 0.110. The molecular formula is C9H11NO3S. The molecule has 0 saturated carbocycles. The Bertz CT molecular complexity index is 341. The zero-order valence-electron chi connectivity index (χ0n) is 7.98. The third-order valence-corrected chi connectivity index (χ3v) is 2.27. The minimum Gasteiger partial charge on any atom is -0.477 e. The molecule has 1 heterocycles. The van der Waals surface area contributed by atoms with Crippen LogP contribution in [0.2, 0.25) is 0 Å². The number of ether oxygens (including phenoxy) is 1. The summed E-state index contributed by atoms with van der Waals surface area (Å²) in [6, 6.07) is 1.56. The lowest BCUT2D eigenvalue weighted by Gasteiger charge is -2.06. The van der Waals surface area contributed by atoms with E-state index in [9.17, 15) is 4.79 Å². The lowest BCUT2D eigenvalue weighted by atomic mass is 10.3. The summed E-state index contributed by atoms with van der Waals surface area (Å²) in [4.78, 5) is 15.6. The molecule has 1 rings (SSSR count). The standard InChI is InChI=1S/C9H11NO3S/c1-3-13-8-7(9(11)12)4-6(14-2)5-10-8/h4-5H,3H2,1-2H3,(H,11,12). The maximum atomic E-state index is 10.8. The van der Waals surface area contributed by atoms with Gasteiger partial charge in [-0.1, -0.05) is 0 Å². The van der Waals surface area contributed by atoms with Crippen LogP contribution >= 0.6 is 11.8 Å². The van der Waals surface area contributed by atoms with Crippen molar-refractivity contribution in [3.05, 3.63) is 17.8 Å². The van der Waals surface area contributed by atoms with E-state index in [0.717, 1.165) is 4.90 Å². The molecule has 0 unspecified atom stereocenters. The summed E-state index contributed by atoms with van der Waals surface area (Å²) in [5, 5.41) is 8.88. The summed E-state index contributed by atoms with van der Waals surface area (Å²) in [6.07, 6.45) is 3.46. The number of pyridine rings is 1. The van der Waals surface area contributed by atoms with Crippen molar-refractivity contribution >= 4 is 17.7 Å². The van der Waals surface area contributed by atoms with E-state index < -0.39 is 5.97 Å². The second-order valence-electron chi connectivity index (χ2n) is 2.47. The number of hydrogen-bond donors (Lipinski definition) is 1. The molecule has 1 aromatic heterocycles. The Morgan fingerprint density at radius 3 is 2.93 bits per heavy atom. The molecule has 0 aliphatic heterocycles. The Hall–Kier alpha value is -1.23. The summed E-state index contributed by atoms with van der Waals surface area (Å²) in [5.74, 6) is -0.838. The SMILES string of the molecule is CCOc1ncc(SC)cc1C(=O)O. The normalized spacial score (nSPS) is 9.86. The molecular weight excluding hydrogens is 202 g/mol. The van der Waals surface area contributed by atoms with E-state index in [4.69, 9.17) is 9.84 Å². The number of aromatic carboxylic acids is 1. The van der Waals surface area contributed by atoms with Crippen LogP contribution in [0.15, 0.2) is 17.2 Å². The van der Waals surface area contributed by atoms with Gasteiger partial charge in [0.25, 0.3) is 0 Å². The van der Waals surface area contributed by atoms with Gasteiger partial charge in [0.1, 0.15) is 5.56 Å². The molecule has 0 aliphatic rings. The highest BCUT2D eigenvalue weighted by atomic mass is 32.2. The summed E-state index contributed by atoms with van der Waals surface area (Å²) in [5.41, 5.74) is 0.110. The van der Waals surface area contributed by atoms with Crippen LogP contribution in [0.5, 0.6) is 5.88 Å². The monoisotopic (exact) mass is 213 g/mol. The molecule has 76 valence electrons. The number of aromatic nitrogens is 1. The topological polar surface area (TPSA) is 59.4 Å². The third kappa shape index (κ3) is 2.38. The van der Waals surface area contributed by atoms with Gasteiger partial charge < -0.3 is 9.84 Å². The number of carbonyl (C=O) groups is 1. The molecule has 0 amide bonds. The second kappa shape index (κ2) is 4.85. The highest BCUT2D eigenvalue weighted by molar-refractivity contribution is 7.98. The summed E-state index contributed by atoms with van der Waals surface area (Å²) in [6.45, 7) is 2.20. The zero-order valence-corrected chi connectivity index (χ0v) is 8.80. The van der Waals surface area contributed by atoms with Crippen molar-refractivity contribution in [2.24, 2.45) is 0 Å². The average Bonchev–Trinajstić information content (AvgIpc) is 2.18. The van der Waals surface area contributed by atoms with Crippen molar-refractivity contribution in [3.63, 3.8) is 0 Å². The van der Waals surface area contributed by atoms with Crippen molar-refractivity contribution < 1.29 is 14.6 Å². The van der Waals surface area contributed by atoms with Gasteiger partial charge in [0, 0.05) is 11.1 Å². The molecule has 0 bridgehead atoms. The molecule has 1 N–H and O–H groups in total. The number of nitrogens with zero attached hydrogens (tertiary/aromatic N) is 1. The maximum Gasteiger partial charge on any atom is 0.341 e. The van der Waals surface area contributed by atoms with E-state index >= 15 is 0 Å². The number of carboxylic acid groups (broad SMARTS) is 1. The van der Waals surface area contributed by atoms with Crippen LogP contribution in [-0.4, -0.2) is 28.9 Å². The Balaban J connectivity index is 3.10. The minimum atomic E-state index is -1.02. The number of rotatable bonds is 4. The van der Waals surface area contributed by atoms with Crippen molar-refractivity contribution in [1.82, 2.24) is 4.98 Å². The summed E-state index contributed by atoms with van der Waals surface area (Å²) >= 11 is 1.45. The third-order valence-electron chi connectivity index (χ3n) is 1.57. The van der Waals surface area contributed by atoms with Gasteiger partial charge in [-0.25, -0.2) is 9.78 Å². The lowest BCUT2D eigenvalue weighted by molar-refractivity contribution is 0.0691. The van der Waals surface area contributed by atoms with Crippen molar-refractivity contribution in [2.45, 2.75) is 11.8 Å². The first-order valence-electron chi connectivity index (χ1n) is 4.09.